The van der Waals surface area contributed by atoms with Gasteiger partial charge in [0.2, 0.25) is 11.8 Å². The van der Waals surface area contributed by atoms with E-state index >= 15 is 0 Å². The molecule has 1 N–H and O–H groups in total. The first kappa shape index (κ1) is 14.1. The lowest BCUT2D eigenvalue weighted by atomic mass is 9.81. The lowest BCUT2D eigenvalue weighted by molar-refractivity contribution is -0.132. The SMILES string of the molecule is CC(C)(C)CC(=O)N1CC[C@]2(C1)C(=O)Nc1ccccc12. The Hall–Kier alpha value is -1.84. The fourth-order valence-electron chi connectivity index (χ4n) is 3.37. The molecule has 1 spiro atoms. The number of carbonyl (C=O) groups excluding carboxylic acids is 2. The highest BCUT2D eigenvalue weighted by Crippen LogP contribution is 2.44. The van der Waals surface area contributed by atoms with E-state index in [1.54, 1.807) is 0 Å². The van der Waals surface area contributed by atoms with Crippen LogP contribution in [0, 0.1) is 5.41 Å². The van der Waals surface area contributed by atoms with E-state index in [2.05, 4.69) is 26.1 Å². The van der Waals surface area contributed by atoms with E-state index in [-0.39, 0.29) is 17.2 Å². The molecule has 4 heteroatoms. The molecule has 2 aliphatic rings. The Balaban J connectivity index is 1.84. The summed E-state index contributed by atoms with van der Waals surface area (Å²) in [5.41, 5.74) is 1.38. The van der Waals surface area contributed by atoms with Gasteiger partial charge in [0, 0.05) is 25.2 Å². The number of amides is 2. The van der Waals surface area contributed by atoms with Crippen molar-refractivity contribution in [1.29, 1.82) is 0 Å². The third kappa shape index (κ3) is 2.33. The van der Waals surface area contributed by atoms with Crippen molar-refractivity contribution in [1.82, 2.24) is 4.90 Å². The predicted molar refractivity (Wildman–Crippen MR) is 82.0 cm³/mol. The zero-order chi connectivity index (χ0) is 15.3. The molecule has 0 aliphatic carbocycles. The zero-order valence-electron chi connectivity index (χ0n) is 12.9. The Labute approximate surface area is 125 Å². The second kappa shape index (κ2) is 4.58. The molecule has 21 heavy (non-hydrogen) atoms. The molecule has 0 unspecified atom stereocenters. The van der Waals surface area contributed by atoms with Gasteiger partial charge in [0.15, 0.2) is 0 Å². The lowest BCUT2D eigenvalue weighted by Gasteiger charge is -2.25. The molecule has 1 fully saturated rings. The minimum atomic E-state index is -0.538. The smallest absolute Gasteiger partial charge is 0.236 e. The van der Waals surface area contributed by atoms with E-state index < -0.39 is 5.41 Å². The molecule has 112 valence electrons. The monoisotopic (exact) mass is 286 g/mol. The lowest BCUT2D eigenvalue weighted by Crippen LogP contribution is -2.40. The summed E-state index contributed by atoms with van der Waals surface area (Å²) < 4.78 is 0. The normalized spacial score (nSPS) is 24.3. The maximum Gasteiger partial charge on any atom is 0.236 e. The highest BCUT2D eigenvalue weighted by molar-refractivity contribution is 6.07. The van der Waals surface area contributed by atoms with Crippen molar-refractivity contribution in [3.63, 3.8) is 0 Å². The van der Waals surface area contributed by atoms with E-state index in [9.17, 15) is 9.59 Å². The number of benzene rings is 1. The van der Waals surface area contributed by atoms with E-state index in [4.69, 9.17) is 0 Å². The van der Waals surface area contributed by atoms with Crippen LogP contribution in [0.3, 0.4) is 0 Å². The number of hydrogen-bond donors (Lipinski definition) is 1. The van der Waals surface area contributed by atoms with Crippen LogP contribution in [0.15, 0.2) is 24.3 Å². The van der Waals surface area contributed by atoms with Crippen molar-refractivity contribution in [3.8, 4) is 0 Å². The van der Waals surface area contributed by atoms with Crippen LogP contribution in [0.4, 0.5) is 5.69 Å². The summed E-state index contributed by atoms with van der Waals surface area (Å²) in [7, 11) is 0. The Morgan fingerprint density at radius 2 is 2.05 bits per heavy atom. The average molecular weight is 286 g/mol. The van der Waals surface area contributed by atoms with Crippen molar-refractivity contribution in [2.24, 2.45) is 5.41 Å². The van der Waals surface area contributed by atoms with Gasteiger partial charge in [0.25, 0.3) is 0 Å². The van der Waals surface area contributed by atoms with Crippen LogP contribution >= 0.6 is 0 Å². The Kier molecular flexibility index (Phi) is 3.08. The van der Waals surface area contributed by atoms with Gasteiger partial charge in [-0.05, 0) is 23.5 Å². The summed E-state index contributed by atoms with van der Waals surface area (Å²) in [4.78, 5) is 26.7. The van der Waals surface area contributed by atoms with Crippen molar-refractivity contribution >= 4 is 17.5 Å². The number of rotatable bonds is 1. The van der Waals surface area contributed by atoms with Crippen LogP contribution in [-0.4, -0.2) is 29.8 Å². The fourth-order valence-corrected chi connectivity index (χ4v) is 3.37. The molecule has 0 aromatic heterocycles. The van der Waals surface area contributed by atoms with Crippen LogP contribution in [0.25, 0.3) is 0 Å². The maximum absolute atomic E-state index is 12.5. The molecule has 0 saturated carbocycles. The first-order valence-corrected chi connectivity index (χ1v) is 7.51. The molecule has 4 nitrogen and oxygen atoms in total. The second-order valence-electron chi connectivity index (χ2n) is 7.38. The standard InChI is InChI=1S/C17H22N2O2/c1-16(2,3)10-14(20)19-9-8-17(11-19)12-6-4-5-7-13(12)18-15(17)21/h4-7H,8-11H2,1-3H3,(H,18,21)/t17-/m1/s1. The second-order valence-corrected chi connectivity index (χ2v) is 7.38. The molecule has 2 heterocycles. The number of nitrogens with one attached hydrogen (secondary N) is 1. The molecule has 2 amide bonds. The third-order valence-electron chi connectivity index (χ3n) is 4.43. The molecule has 0 radical (unpaired) electrons. The van der Waals surface area contributed by atoms with E-state index in [0.29, 0.717) is 25.9 Å². The van der Waals surface area contributed by atoms with Crippen LogP contribution in [-0.2, 0) is 15.0 Å². The minimum absolute atomic E-state index is 0.0251. The largest absolute Gasteiger partial charge is 0.341 e. The van der Waals surface area contributed by atoms with Crippen LogP contribution in [0.1, 0.15) is 39.2 Å². The highest BCUT2D eigenvalue weighted by Gasteiger charge is 2.51. The van der Waals surface area contributed by atoms with Gasteiger partial charge in [-0.1, -0.05) is 39.0 Å². The van der Waals surface area contributed by atoms with Gasteiger partial charge in [-0.25, -0.2) is 0 Å². The van der Waals surface area contributed by atoms with Gasteiger partial charge in [-0.15, -0.1) is 0 Å². The molecule has 1 atom stereocenters. The summed E-state index contributed by atoms with van der Waals surface area (Å²) in [5, 5.41) is 2.96. The van der Waals surface area contributed by atoms with Gasteiger partial charge < -0.3 is 10.2 Å². The highest BCUT2D eigenvalue weighted by atomic mass is 16.2. The summed E-state index contributed by atoms with van der Waals surface area (Å²) in [6.07, 6.45) is 1.23. The Bertz CT molecular complexity index is 603. The van der Waals surface area contributed by atoms with Crippen LogP contribution in [0.2, 0.25) is 0 Å². The summed E-state index contributed by atoms with van der Waals surface area (Å²) >= 11 is 0. The van der Waals surface area contributed by atoms with Crippen LogP contribution < -0.4 is 5.32 Å². The fraction of sp³-hybridized carbons (Fsp3) is 0.529. The third-order valence-corrected chi connectivity index (χ3v) is 4.43. The van der Waals surface area contributed by atoms with Gasteiger partial charge >= 0.3 is 0 Å². The number of para-hydroxylation sites is 1. The maximum atomic E-state index is 12.5. The molecular weight excluding hydrogens is 264 g/mol. The minimum Gasteiger partial charge on any atom is -0.341 e. The number of likely N-dealkylation sites (tertiary alicyclic amines) is 1. The van der Waals surface area contributed by atoms with Gasteiger partial charge in [0.1, 0.15) is 0 Å². The van der Waals surface area contributed by atoms with Crippen molar-refractivity contribution in [2.75, 3.05) is 18.4 Å². The Morgan fingerprint density at radius 3 is 2.76 bits per heavy atom. The molecular formula is C17H22N2O2. The van der Waals surface area contributed by atoms with Gasteiger partial charge in [-0.2, -0.15) is 0 Å². The van der Waals surface area contributed by atoms with Gasteiger partial charge in [0.05, 0.1) is 5.41 Å². The molecule has 1 saturated heterocycles. The number of anilines is 1. The van der Waals surface area contributed by atoms with E-state index in [0.717, 1.165) is 11.3 Å². The zero-order valence-corrected chi connectivity index (χ0v) is 12.9. The average Bonchev–Trinajstić information content (AvgIpc) is 2.93. The quantitative estimate of drug-likeness (QED) is 0.862. The first-order chi connectivity index (χ1) is 9.82. The predicted octanol–water partition coefficient (Wildman–Crippen LogP) is 2.55. The summed E-state index contributed by atoms with van der Waals surface area (Å²) in [6, 6.07) is 7.82. The molecule has 3 rings (SSSR count). The molecule has 2 aliphatic heterocycles. The van der Waals surface area contributed by atoms with Crippen molar-refractivity contribution in [3.05, 3.63) is 29.8 Å². The van der Waals surface area contributed by atoms with E-state index in [1.807, 2.05) is 29.2 Å². The molecule has 0 bridgehead atoms. The molecule has 1 aromatic carbocycles. The van der Waals surface area contributed by atoms with Crippen molar-refractivity contribution in [2.45, 2.75) is 39.0 Å². The van der Waals surface area contributed by atoms with Crippen molar-refractivity contribution < 1.29 is 9.59 Å². The summed E-state index contributed by atoms with van der Waals surface area (Å²) in [5.74, 6) is 0.186. The summed E-state index contributed by atoms with van der Waals surface area (Å²) in [6.45, 7) is 7.36. The van der Waals surface area contributed by atoms with Gasteiger partial charge in [-0.3, -0.25) is 9.59 Å². The van der Waals surface area contributed by atoms with Crippen LogP contribution in [0.5, 0.6) is 0 Å². The topological polar surface area (TPSA) is 49.4 Å². The molecule has 1 aromatic rings. The number of nitrogens with zero attached hydrogens (tertiary/aromatic N) is 1. The van der Waals surface area contributed by atoms with E-state index in [1.165, 1.54) is 0 Å². The first-order valence-electron chi connectivity index (χ1n) is 7.51. The number of fused-ring (bicyclic) bond motifs is 2. The number of hydrogen-bond acceptors (Lipinski definition) is 2. The number of carbonyl (C=O) groups is 2. The Morgan fingerprint density at radius 1 is 1.33 bits per heavy atom.